The Morgan fingerprint density at radius 2 is 2.10 bits per heavy atom. The van der Waals surface area contributed by atoms with Crippen LogP contribution >= 0.6 is 0 Å². The van der Waals surface area contributed by atoms with Crippen molar-refractivity contribution in [2.24, 2.45) is 0 Å². The maximum absolute atomic E-state index is 11.4. The predicted octanol–water partition coefficient (Wildman–Crippen LogP) is 1.56. The number of nitrogens with zero attached hydrogens (tertiary/aromatic N) is 2. The van der Waals surface area contributed by atoms with Crippen LogP contribution in [0.1, 0.15) is 29.3 Å². The van der Waals surface area contributed by atoms with Crippen LogP contribution in [0.3, 0.4) is 0 Å². The van der Waals surface area contributed by atoms with Crippen molar-refractivity contribution in [2.75, 3.05) is 33.3 Å². The molecule has 21 heavy (non-hydrogen) atoms. The Morgan fingerprint density at radius 1 is 1.29 bits per heavy atom. The summed E-state index contributed by atoms with van der Waals surface area (Å²) >= 11 is 0. The molecule has 0 aliphatic carbocycles. The lowest BCUT2D eigenvalue weighted by atomic mass is 10.1. The van der Waals surface area contributed by atoms with E-state index in [4.69, 9.17) is 4.74 Å². The van der Waals surface area contributed by atoms with E-state index in [1.54, 1.807) is 20.1 Å². The molecule has 1 saturated heterocycles. The Labute approximate surface area is 125 Å². The molecule has 1 aromatic carbocycles. The van der Waals surface area contributed by atoms with E-state index < -0.39 is 0 Å². The van der Waals surface area contributed by atoms with Gasteiger partial charge in [0.2, 0.25) is 5.91 Å². The Bertz CT molecular complexity index is 516. The molecule has 0 bridgehead atoms. The molecule has 0 unspecified atom stereocenters. The van der Waals surface area contributed by atoms with Gasteiger partial charge in [-0.05, 0) is 24.6 Å². The lowest BCUT2D eigenvalue weighted by Crippen LogP contribution is -2.33. The van der Waals surface area contributed by atoms with Crippen LogP contribution in [0.15, 0.2) is 18.2 Å². The maximum atomic E-state index is 11.4. The fourth-order valence-corrected chi connectivity index (χ4v) is 2.68. The zero-order valence-corrected chi connectivity index (χ0v) is 12.7. The second-order valence-electron chi connectivity index (χ2n) is 5.32. The molecule has 0 spiro atoms. The number of hydrogen-bond acceptors (Lipinski definition) is 4. The van der Waals surface area contributed by atoms with Crippen LogP contribution in [0.2, 0.25) is 0 Å². The fraction of sp³-hybridized carbons (Fsp3) is 0.500. The molecule has 2 rings (SSSR count). The van der Waals surface area contributed by atoms with Gasteiger partial charge >= 0.3 is 0 Å². The van der Waals surface area contributed by atoms with Gasteiger partial charge < -0.3 is 9.64 Å². The molecule has 1 amide bonds. The molecule has 0 N–H and O–H groups in total. The van der Waals surface area contributed by atoms with Gasteiger partial charge in [-0.3, -0.25) is 14.5 Å². The first-order chi connectivity index (χ1) is 10.1. The van der Waals surface area contributed by atoms with Crippen LogP contribution in [0, 0.1) is 0 Å². The number of hydrogen-bond donors (Lipinski definition) is 0. The Hall–Kier alpha value is -1.88. The molecule has 114 valence electrons. The fourth-order valence-electron chi connectivity index (χ4n) is 2.68. The highest BCUT2D eigenvalue weighted by Crippen LogP contribution is 2.21. The molecular formula is C16H22N2O3. The minimum atomic E-state index is 0.136. The number of carbonyl (C=O) groups excluding carboxylic acids is 2. The molecule has 5 nitrogen and oxygen atoms in total. The molecular weight excluding hydrogens is 268 g/mol. The van der Waals surface area contributed by atoms with Crippen LogP contribution in [-0.4, -0.2) is 55.3 Å². The highest BCUT2D eigenvalue weighted by atomic mass is 16.5. The second-order valence-corrected chi connectivity index (χ2v) is 5.32. The minimum absolute atomic E-state index is 0.136. The number of carbonyl (C=O) groups is 2. The van der Waals surface area contributed by atoms with Crippen molar-refractivity contribution >= 4 is 12.2 Å². The molecule has 1 aliphatic rings. The Kier molecular flexibility index (Phi) is 5.33. The van der Waals surface area contributed by atoms with Crippen molar-refractivity contribution in [3.05, 3.63) is 29.3 Å². The quantitative estimate of drug-likeness (QED) is 0.790. The average Bonchev–Trinajstić information content (AvgIpc) is 2.73. The Balaban J connectivity index is 2.07. The molecule has 0 aromatic heterocycles. The lowest BCUT2D eigenvalue weighted by molar-refractivity contribution is -0.128. The standard InChI is InChI=1S/C16H22N2O3/c1-13(20)18-7-3-6-17(8-9-18)11-15-10-14(12-19)4-5-16(15)21-2/h4-5,10,12H,3,6-9,11H2,1-2H3. The molecule has 1 heterocycles. The zero-order chi connectivity index (χ0) is 15.2. The normalized spacial score (nSPS) is 16.4. The third-order valence-corrected chi connectivity index (χ3v) is 3.87. The van der Waals surface area contributed by atoms with Gasteiger partial charge in [0, 0.05) is 50.8 Å². The van der Waals surface area contributed by atoms with Gasteiger partial charge in [0.15, 0.2) is 0 Å². The van der Waals surface area contributed by atoms with Gasteiger partial charge in [0.05, 0.1) is 7.11 Å². The smallest absolute Gasteiger partial charge is 0.219 e. The summed E-state index contributed by atoms with van der Waals surface area (Å²) in [5.41, 5.74) is 1.67. The summed E-state index contributed by atoms with van der Waals surface area (Å²) in [6.07, 6.45) is 1.82. The summed E-state index contributed by atoms with van der Waals surface area (Å²) in [6.45, 7) is 5.71. The number of ether oxygens (including phenoxy) is 1. The minimum Gasteiger partial charge on any atom is -0.496 e. The molecule has 1 fully saturated rings. The van der Waals surface area contributed by atoms with Crippen molar-refractivity contribution in [2.45, 2.75) is 19.9 Å². The molecule has 0 radical (unpaired) electrons. The van der Waals surface area contributed by atoms with Crippen LogP contribution in [0.4, 0.5) is 0 Å². The van der Waals surface area contributed by atoms with Gasteiger partial charge in [-0.1, -0.05) is 0 Å². The van der Waals surface area contributed by atoms with E-state index in [2.05, 4.69) is 4.90 Å². The average molecular weight is 290 g/mol. The van der Waals surface area contributed by atoms with Crippen LogP contribution in [-0.2, 0) is 11.3 Å². The summed E-state index contributed by atoms with van der Waals surface area (Å²) in [4.78, 5) is 26.6. The van der Waals surface area contributed by atoms with Crippen molar-refractivity contribution in [1.29, 1.82) is 0 Å². The van der Waals surface area contributed by atoms with Crippen molar-refractivity contribution in [3.63, 3.8) is 0 Å². The van der Waals surface area contributed by atoms with E-state index >= 15 is 0 Å². The van der Waals surface area contributed by atoms with Gasteiger partial charge in [0.1, 0.15) is 12.0 Å². The first kappa shape index (κ1) is 15.5. The highest BCUT2D eigenvalue weighted by molar-refractivity contribution is 5.75. The van der Waals surface area contributed by atoms with Gasteiger partial charge in [-0.2, -0.15) is 0 Å². The van der Waals surface area contributed by atoms with E-state index in [0.29, 0.717) is 5.56 Å². The van der Waals surface area contributed by atoms with Crippen molar-refractivity contribution in [1.82, 2.24) is 9.80 Å². The van der Waals surface area contributed by atoms with E-state index in [-0.39, 0.29) is 5.91 Å². The highest BCUT2D eigenvalue weighted by Gasteiger charge is 2.17. The molecule has 1 aromatic rings. The summed E-state index contributed by atoms with van der Waals surface area (Å²) < 4.78 is 5.37. The topological polar surface area (TPSA) is 49.9 Å². The number of benzene rings is 1. The number of methoxy groups -OCH3 is 1. The third kappa shape index (κ3) is 4.04. The van der Waals surface area contributed by atoms with E-state index in [0.717, 1.165) is 56.7 Å². The SMILES string of the molecule is COc1ccc(C=O)cc1CN1CCCN(C(C)=O)CC1. The second kappa shape index (κ2) is 7.22. The first-order valence-corrected chi connectivity index (χ1v) is 7.24. The molecule has 5 heteroatoms. The van der Waals surface area contributed by atoms with Gasteiger partial charge in [0.25, 0.3) is 0 Å². The first-order valence-electron chi connectivity index (χ1n) is 7.24. The number of rotatable bonds is 4. The van der Waals surface area contributed by atoms with Crippen LogP contribution < -0.4 is 4.74 Å². The van der Waals surface area contributed by atoms with Crippen molar-refractivity contribution < 1.29 is 14.3 Å². The summed E-state index contributed by atoms with van der Waals surface area (Å²) in [6, 6.07) is 5.47. The van der Waals surface area contributed by atoms with Crippen LogP contribution in [0.5, 0.6) is 5.75 Å². The zero-order valence-electron chi connectivity index (χ0n) is 12.7. The molecule has 1 aliphatic heterocycles. The largest absolute Gasteiger partial charge is 0.496 e. The number of aldehydes is 1. The predicted molar refractivity (Wildman–Crippen MR) is 80.5 cm³/mol. The summed E-state index contributed by atoms with van der Waals surface area (Å²) in [7, 11) is 1.64. The summed E-state index contributed by atoms with van der Waals surface area (Å²) in [5.74, 6) is 0.936. The van der Waals surface area contributed by atoms with E-state index in [9.17, 15) is 9.59 Å². The maximum Gasteiger partial charge on any atom is 0.219 e. The molecule has 0 atom stereocenters. The monoisotopic (exact) mass is 290 g/mol. The Morgan fingerprint density at radius 3 is 2.76 bits per heavy atom. The van der Waals surface area contributed by atoms with Gasteiger partial charge in [-0.15, -0.1) is 0 Å². The third-order valence-electron chi connectivity index (χ3n) is 3.87. The van der Waals surface area contributed by atoms with E-state index in [1.807, 2.05) is 17.0 Å². The van der Waals surface area contributed by atoms with Gasteiger partial charge in [-0.25, -0.2) is 0 Å². The lowest BCUT2D eigenvalue weighted by Gasteiger charge is -2.22. The van der Waals surface area contributed by atoms with E-state index in [1.165, 1.54) is 0 Å². The van der Waals surface area contributed by atoms with Crippen molar-refractivity contribution in [3.8, 4) is 5.75 Å². The molecule has 0 saturated carbocycles. The number of amides is 1. The van der Waals surface area contributed by atoms with Crippen LogP contribution in [0.25, 0.3) is 0 Å². The summed E-state index contributed by atoms with van der Waals surface area (Å²) in [5, 5.41) is 0.